The molecule has 3 heteroatoms. The number of hydrogen-bond donors (Lipinski definition) is 0. The number of nitriles is 1. The van der Waals surface area contributed by atoms with Gasteiger partial charge in [0, 0.05) is 5.75 Å². The highest BCUT2D eigenvalue weighted by Crippen LogP contribution is 2.30. The van der Waals surface area contributed by atoms with Crippen molar-refractivity contribution in [3.05, 3.63) is 0 Å². The number of hydrogen-bond acceptors (Lipinski definition) is 3. The van der Waals surface area contributed by atoms with Crippen LogP contribution in [0, 0.1) is 10.7 Å². The van der Waals surface area contributed by atoms with Crippen LogP contribution < -0.4 is 0 Å². The normalized spacial score (nSPS) is 28.3. The Labute approximate surface area is 71.9 Å². The molecule has 1 fully saturated rings. The minimum atomic E-state index is 0.0423. The lowest BCUT2D eigenvalue weighted by Gasteiger charge is -2.18. The van der Waals surface area contributed by atoms with Crippen molar-refractivity contribution in [1.82, 2.24) is 0 Å². The molecule has 11 heavy (non-hydrogen) atoms. The van der Waals surface area contributed by atoms with Crippen LogP contribution in [0.15, 0.2) is 0 Å². The molecule has 1 aliphatic heterocycles. The molecular formula is C8H13NOS. The molecule has 0 aromatic heterocycles. The fourth-order valence-electron chi connectivity index (χ4n) is 1.33. The largest absolute Gasteiger partial charge is 0.371 e. The average molecular weight is 171 g/mol. The topological polar surface area (TPSA) is 33.0 Å². The van der Waals surface area contributed by atoms with E-state index in [0.29, 0.717) is 6.10 Å². The van der Waals surface area contributed by atoms with Gasteiger partial charge >= 0.3 is 0 Å². The number of ether oxygens (including phenoxy) is 1. The second kappa shape index (κ2) is 3.46. The molecule has 2 nitrogen and oxygen atoms in total. The van der Waals surface area contributed by atoms with E-state index >= 15 is 0 Å². The molecule has 0 aromatic carbocycles. The SMILES string of the molecule is CC1(C)CCC(CSC#N)O1. The lowest BCUT2D eigenvalue weighted by atomic mass is 10.1. The third kappa shape index (κ3) is 2.72. The van der Waals surface area contributed by atoms with Gasteiger partial charge in [-0.25, -0.2) is 0 Å². The molecule has 0 amide bonds. The maximum absolute atomic E-state index is 8.31. The van der Waals surface area contributed by atoms with Crippen LogP contribution in [0.25, 0.3) is 0 Å². The highest BCUT2D eigenvalue weighted by molar-refractivity contribution is 8.03. The van der Waals surface area contributed by atoms with E-state index < -0.39 is 0 Å². The van der Waals surface area contributed by atoms with E-state index in [0.717, 1.165) is 18.6 Å². The van der Waals surface area contributed by atoms with E-state index in [4.69, 9.17) is 10.00 Å². The summed E-state index contributed by atoms with van der Waals surface area (Å²) in [6.07, 6.45) is 2.51. The first kappa shape index (κ1) is 8.89. The van der Waals surface area contributed by atoms with Crippen molar-refractivity contribution in [2.45, 2.75) is 38.4 Å². The van der Waals surface area contributed by atoms with Gasteiger partial charge in [0.1, 0.15) is 5.40 Å². The van der Waals surface area contributed by atoms with Crippen molar-refractivity contribution in [2.75, 3.05) is 5.75 Å². The Morgan fingerprint density at radius 2 is 2.45 bits per heavy atom. The van der Waals surface area contributed by atoms with Crippen LogP contribution in [0.4, 0.5) is 0 Å². The van der Waals surface area contributed by atoms with Crippen molar-refractivity contribution in [3.8, 4) is 5.40 Å². The third-order valence-electron chi connectivity index (χ3n) is 1.89. The summed E-state index contributed by atoms with van der Waals surface area (Å²) in [4.78, 5) is 0. The Bertz CT molecular complexity index is 173. The van der Waals surface area contributed by atoms with Gasteiger partial charge in [0.2, 0.25) is 0 Å². The first-order valence-electron chi connectivity index (χ1n) is 3.83. The van der Waals surface area contributed by atoms with Crippen LogP contribution in [0.3, 0.4) is 0 Å². The zero-order valence-electron chi connectivity index (χ0n) is 6.96. The predicted octanol–water partition coefficient (Wildman–Crippen LogP) is 2.16. The molecule has 0 spiro atoms. The maximum Gasteiger partial charge on any atom is 0.133 e. The van der Waals surface area contributed by atoms with Gasteiger partial charge in [0.15, 0.2) is 0 Å². The number of thioether (sulfide) groups is 1. The molecule has 0 aromatic rings. The van der Waals surface area contributed by atoms with Crippen LogP contribution in [0.5, 0.6) is 0 Å². The number of nitrogens with zero attached hydrogens (tertiary/aromatic N) is 1. The zero-order valence-corrected chi connectivity index (χ0v) is 7.78. The van der Waals surface area contributed by atoms with E-state index in [1.807, 2.05) is 0 Å². The van der Waals surface area contributed by atoms with E-state index in [1.165, 1.54) is 11.8 Å². The summed E-state index contributed by atoms with van der Waals surface area (Å²) in [6.45, 7) is 4.20. The lowest BCUT2D eigenvalue weighted by molar-refractivity contribution is -0.00460. The van der Waals surface area contributed by atoms with Gasteiger partial charge in [-0.3, -0.25) is 0 Å². The van der Waals surface area contributed by atoms with Gasteiger partial charge in [0.05, 0.1) is 11.7 Å². The van der Waals surface area contributed by atoms with Crippen molar-refractivity contribution < 1.29 is 4.74 Å². The minimum absolute atomic E-state index is 0.0423. The molecule has 1 aliphatic rings. The Morgan fingerprint density at radius 1 is 1.73 bits per heavy atom. The van der Waals surface area contributed by atoms with Crippen LogP contribution >= 0.6 is 11.8 Å². The molecule has 1 saturated heterocycles. The van der Waals surface area contributed by atoms with Crippen molar-refractivity contribution in [3.63, 3.8) is 0 Å². The highest BCUT2D eigenvalue weighted by atomic mass is 32.2. The number of thiocyanates is 1. The Balaban J connectivity index is 2.26. The Kier molecular flexibility index (Phi) is 2.80. The van der Waals surface area contributed by atoms with Crippen LogP contribution in [-0.4, -0.2) is 17.5 Å². The third-order valence-corrected chi connectivity index (χ3v) is 2.56. The second-order valence-electron chi connectivity index (χ2n) is 3.44. The summed E-state index contributed by atoms with van der Waals surface area (Å²) < 4.78 is 5.68. The van der Waals surface area contributed by atoms with Crippen molar-refractivity contribution in [2.24, 2.45) is 0 Å². The Morgan fingerprint density at radius 3 is 2.91 bits per heavy atom. The van der Waals surface area contributed by atoms with Gasteiger partial charge in [0.25, 0.3) is 0 Å². The van der Waals surface area contributed by atoms with Gasteiger partial charge in [-0.2, -0.15) is 5.26 Å². The van der Waals surface area contributed by atoms with Crippen molar-refractivity contribution >= 4 is 11.8 Å². The smallest absolute Gasteiger partial charge is 0.133 e. The van der Waals surface area contributed by atoms with E-state index in [-0.39, 0.29) is 5.60 Å². The first-order valence-corrected chi connectivity index (χ1v) is 4.81. The molecule has 1 rings (SSSR count). The Hall–Kier alpha value is -0.200. The van der Waals surface area contributed by atoms with E-state index in [9.17, 15) is 0 Å². The zero-order chi connectivity index (χ0) is 8.32. The summed E-state index contributed by atoms with van der Waals surface area (Å²) in [5.74, 6) is 0.819. The van der Waals surface area contributed by atoms with Gasteiger partial charge in [-0.1, -0.05) is 0 Å². The maximum atomic E-state index is 8.31. The molecule has 62 valence electrons. The molecule has 1 atom stereocenters. The minimum Gasteiger partial charge on any atom is -0.371 e. The summed E-state index contributed by atoms with van der Waals surface area (Å²) in [5, 5.41) is 10.4. The molecule has 1 unspecified atom stereocenters. The second-order valence-corrected chi connectivity index (χ2v) is 4.25. The molecule has 0 aliphatic carbocycles. The predicted molar refractivity (Wildman–Crippen MR) is 46.3 cm³/mol. The molecule has 0 radical (unpaired) electrons. The summed E-state index contributed by atoms with van der Waals surface area (Å²) in [6, 6.07) is 0. The fourth-order valence-corrected chi connectivity index (χ4v) is 1.82. The van der Waals surface area contributed by atoms with Gasteiger partial charge in [-0.15, -0.1) is 0 Å². The van der Waals surface area contributed by atoms with Gasteiger partial charge in [-0.05, 0) is 38.5 Å². The fraction of sp³-hybridized carbons (Fsp3) is 0.875. The first-order chi connectivity index (χ1) is 5.14. The van der Waals surface area contributed by atoms with Crippen molar-refractivity contribution in [1.29, 1.82) is 5.26 Å². The highest BCUT2D eigenvalue weighted by Gasteiger charge is 2.31. The molecule has 1 heterocycles. The average Bonchev–Trinajstić information content (AvgIpc) is 2.26. The summed E-state index contributed by atoms with van der Waals surface area (Å²) in [5.41, 5.74) is 0.0423. The standard InChI is InChI=1S/C8H13NOS/c1-8(2)4-3-7(10-8)5-11-6-9/h7H,3-5H2,1-2H3. The van der Waals surface area contributed by atoms with Crippen LogP contribution in [0.2, 0.25) is 0 Å². The molecule has 0 saturated carbocycles. The number of rotatable bonds is 2. The molecular weight excluding hydrogens is 158 g/mol. The quantitative estimate of drug-likeness (QED) is 0.597. The van der Waals surface area contributed by atoms with E-state index in [2.05, 4.69) is 19.2 Å². The molecule has 0 bridgehead atoms. The summed E-state index contributed by atoms with van der Waals surface area (Å²) >= 11 is 1.29. The van der Waals surface area contributed by atoms with Crippen LogP contribution in [0.1, 0.15) is 26.7 Å². The van der Waals surface area contributed by atoms with Crippen LogP contribution in [-0.2, 0) is 4.74 Å². The lowest BCUT2D eigenvalue weighted by Crippen LogP contribution is -2.20. The van der Waals surface area contributed by atoms with Gasteiger partial charge < -0.3 is 4.74 Å². The summed E-state index contributed by atoms with van der Waals surface area (Å²) in [7, 11) is 0. The monoisotopic (exact) mass is 171 g/mol. The van der Waals surface area contributed by atoms with E-state index in [1.54, 1.807) is 0 Å². The molecule has 0 N–H and O–H groups in total.